The van der Waals surface area contributed by atoms with E-state index in [1.165, 1.54) is 24.4 Å². The summed E-state index contributed by atoms with van der Waals surface area (Å²) in [5.41, 5.74) is 4.33. The molecule has 96 valence electrons. The number of hydrogen-bond donors (Lipinski definition) is 2. The second kappa shape index (κ2) is 5.80. The van der Waals surface area contributed by atoms with E-state index in [4.69, 9.17) is 5.73 Å². The number of carbonyl (C=O) groups is 1. The normalized spacial score (nSPS) is 10.4. The highest BCUT2D eigenvalue weighted by molar-refractivity contribution is 5.90. The van der Waals surface area contributed by atoms with Crippen molar-refractivity contribution in [3.8, 4) is 0 Å². The Hall–Kier alpha value is -2.38. The molecule has 1 amide bonds. The van der Waals surface area contributed by atoms with Gasteiger partial charge in [0.1, 0.15) is 11.4 Å². The Morgan fingerprint density at radius 3 is 2.22 bits per heavy atom. The third-order valence-corrected chi connectivity index (χ3v) is 1.72. The molecule has 0 atom stereocenters. The molecule has 8 heteroatoms. The zero-order valence-electron chi connectivity index (χ0n) is 8.98. The second-order valence-corrected chi connectivity index (χ2v) is 3.05. The first-order valence-electron chi connectivity index (χ1n) is 4.68. The molecule has 0 aromatic carbocycles. The topological polar surface area (TPSA) is 84.7 Å². The molecule has 0 unspecified atom stereocenters. The molecule has 18 heavy (non-hydrogen) atoms. The van der Waals surface area contributed by atoms with Crippen LogP contribution in [-0.4, -0.2) is 21.1 Å². The minimum atomic E-state index is -4.32. The molecule has 0 radical (unpaired) electrons. The van der Waals surface area contributed by atoms with Crippen LogP contribution in [0.5, 0.6) is 0 Å². The number of amides is 1. The summed E-state index contributed by atoms with van der Waals surface area (Å²) < 4.78 is 35.2. The van der Waals surface area contributed by atoms with Crippen LogP contribution in [0.1, 0.15) is 16.2 Å². The number of hydrogen-bond acceptors (Lipinski definition) is 3. The Balaban J connectivity index is 0.000000184. The Kier molecular flexibility index (Phi) is 4.41. The number of aromatic nitrogens is 3. The van der Waals surface area contributed by atoms with Crippen molar-refractivity contribution in [3.05, 3.63) is 48.0 Å². The molecule has 0 aliphatic heterocycles. The summed E-state index contributed by atoms with van der Waals surface area (Å²) in [4.78, 5) is 13.3. The zero-order valence-corrected chi connectivity index (χ0v) is 8.98. The lowest BCUT2D eigenvalue weighted by Crippen LogP contribution is -2.10. The lowest BCUT2D eigenvalue weighted by atomic mass is 10.3. The lowest BCUT2D eigenvalue weighted by molar-refractivity contribution is -0.141. The first kappa shape index (κ1) is 13.7. The summed E-state index contributed by atoms with van der Waals surface area (Å²) >= 11 is 0. The maximum Gasteiger partial charge on any atom is 0.433 e. The van der Waals surface area contributed by atoms with Gasteiger partial charge in [0.2, 0.25) is 0 Å². The molecule has 0 aliphatic carbocycles. The van der Waals surface area contributed by atoms with Crippen LogP contribution in [-0.2, 0) is 6.18 Å². The number of nitrogens with one attached hydrogen (secondary N) is 1. The summed E-state index contributed by atoms with van der Waals surface area (Å²) in [7, 11) is 0. The summed E-state index contributed by atoms with van der Waals surface area (Å²) in [6, 6.07) is 5.19. The maximum absolute atomic E-state index is 11.7. The number of halogens is 3. The average Bonchev–Trinajstić information content (AvgIpc) is 2.83. The molecule has 0 fully saturated rings. The molecule has 0 aliphatic rings. The number of aromatic amines is 1. The van der Waals surface area contributed by atoms with E-state index in [1.54, 1.807) is 0 Å². The van der Waals surface area contributed by atoms with Gasteiger partial charge in [-0.05, 0) is 18.2 Å². The zero-order chi connectivity index (χ0) is 13.6. The lowest BCUT2D eigenvalue weighted by Gasteiger charge is -2.02. The van der Waals surface area contributed by atoms with Crippen molar-refractivity contribution in [1.82, 2.24) is 15.2 Å². The summed E-state index contributed by atoms with van der Waals surface area (Å²) in [5, 5.41) is 5.93. The second-order valence-electron chi connectivity index (χ2n) is 3.05. The maximum atomic E-state index is 11.7. The van der Waals surface area contributed by atoms with Crippen LogP contribution in [0.15, 0.2) is 36.7 Å². The largest absolute Gasteiger partial charge is 0.433 e. The number of H-pyrrole nitrogens is 1. The van der Waals surface area contributed by atoms with Crippen LogP contribution in [0.2, 0.25) is 0 Å². The average molecular weight is 258 g/mol. The van der Waals surface area contributed by atoms with E-state index in [1.807, 2.05) is 0 Å². The van der Waals surface area contributed by atoms with Crippen molar-refractivity contribution in [2.45, 2.75) is 6.18 Å². The van der Waals surface area contributed by atoms with Gasteiger partial charge >= 0.3 is 6.18 Å². The van der Waals surface area contributed by atoms with E-state index >= 15 is 0 Å². The third-order valence-electron chi connectivity index (χ3n) is 1.72. The van der Waals surface area contributed by atoms with Crippen LogP contribution in [0.4, 0.5) is 13.2 Å². The third kappa shape index (κ3) is 4.24. The van der Waals surface area contributed by atoms with Gasteiger partial charge in [-0.25, -0.2) is 0 Å². The van der Waals surface area contributed by atoms with Crippen LogP contribution < -0.4 is 5.73 Å². The molecule has 3 N–H and O–H groups in total. The highest BCUT2D eigenvalue weighted by Crippen LogP contribution is 2.26. The number of rotatable bonds is 1. The number of carbonyl (C=O) groups excluding carboxylic acids is 1. The van der Waals surface area contributed by atoms with Crippen LogP contribution >= 0.6 is 0 Å². The molecule has 2 rings (SSSR count). The summed E-state index contributed by atoms with van der Waals surface area (Å²) in [6.07, 6.45) is -1.73. The number of nitrogens with zero attached hydrogens (tertiary/aromatic N) is 2. The fourth-order valence-electron chi connectivity index (χ4n) is 0.924. The number of nitrogens with two attached hydrogens (primary N) is 1. The minimum Gasteiger partial charge on any atom is -0.364 e. The SMILES string of the molecule is FC(F)(F)c1ccccn1.NC(=O)c1ccn[nH]1. The van der Waals surface area contributed by atoms with Crippen molar-refractivity contribution in [3.63, 3.8) is 0 Å². The molecule has 2 aromatic heterocycles. The molecular weight excluding hydrogens is 249 g/mol. The smallest absolute Gasteiger partial charge is 0.364 e. The molecule has 0 saturated carbocycles. The first-order chi connectivity index (χ1) is 8.41. The van der Waals surface area contributed by atoms with Gasteiger partial charge in [0.25, 0.3) is 5.91 Å². The van der Waals surface area contributed by atoms with Crippen LogP contribution in [0.3, 0.4) is 0 Å². The highest BCUT2D eigenvalue weighted by Gasteiger charge is 2.31. The van der Waals surface area contributed by atoms with E-state index in [9.17, 15) is 18.0 Å². The molecule has 0 bridgehead atoms. The van der Waals surface area contributed by atoms with Crippen molar-refractivity contribution in [2.75, 3.05) is 0 Å². The Bertz CT molecular complexity index is 482. The van der Waals surface area contributed by atoms with Gasteiger partial charge in [-0.3, -0.25) is 14.9 Å². The molecule has 2 heterocycles. The van der Waals surface area contributed by atoms with Gasteiger partial charge in [-0.2, -0.15) is 18.3 Å². The Morgan fingerprint density at radius 2 is 1.94 bits per heavy atom. The number of pyridine rings is 1. The van der Waals surface area contributed by atoms with E-state index in [2.05, 4.69) is 15.2 Å². The van der Waals surface area contributed by atoms with Crippen molar-refractivity contribution in [2.24, 2.45) is 5.73 Å². The van der Waals surface area contributed by atoms with Gasteiger partial charge in [-0.15, -0.1) is 0 Å². The molecular formula is C10H9F3N4O. The van der Waals surface area contributed by atoms with Gasteiger partial charge < -0.3 is 5.73 Å². The van der Waals surface area contributed by atoms with Crippen LogP contribution in [0, 0.1) is 0 Å². The number of primary amides is 1. The van der Waals surface area contributed by atoms with E-state index in [0.29, 0.717) is 5.69 Å². The number of alkyl halides is 3. The summed E-state index contributed by atoms with van der Waals surface area (Å²) in [5.74, 6) is -0.484. The van der Waals surface area contributed by atoms with Crippen molar-refractivity contribution in [1.29, 1.82) is 0 Å². The monoisotopic (exact) mass is 258 g/mol. The Morgan fingerprint density at radius 1 is 1.22 bits per heavy atom. The summed E-state index contributed by atoms with van der Waals surface area (Å²) in [6.45, 7) is 0. The van der Waals surface area contributed by atoms with Gasteiger partial charge in [0, 0.05) is 12.4 Å². The van der Waals surface area contributed by atoms with Gasteiger partial charge in [0.05, 0.1) is 0 Å². The minimum absolute atomic E-state index is 0.338. The van der Waals surface area contributed by atoms with Crippen molar-refractivity contribution >= 4 is 5.91 Å². The van der Waals surface area contributed by atoms with Gasteiger partial charge in [0.15, 0.2) is 0 Å². The molecule has 0 saturated heterocycles. The predicted octanol–water partition coefficient (Wildman–Crippen LogP) is 1.61. The highest BCUT2D eigenvalue weighted by atomic mass is 19.4. The van der Waals surface area contributed by atoms with E-state index < -0.39 is 17.8 Å². The van der Waals surface area contributed by atoms with Gasteiger partial charge in [-0.1, -0.05) is 6.07 Å². The fraction of sp³-hybridized carbons (Fsp3) is 0.100. The van der Waals surface area contributed by atoms with E-state index in [-0.39, 0.29) is 0 Å². The quantitative estimate of drug-likeness (QED) is 0.814. The van der Waals surface area contributed by atoms with E-state index in [0.717, 1.165) is 12.3 Å². The Labute approximate surface area is 99.8 Å². The fourth-order valence-corrected chi connectivity index (χ4v) is 0.924. The predicted molar refractivity (Wildman–Crippen MR) is 56.3 cm³/mol. The standard InChI is InChI=1S/C6H4F3N.C4H5N3O/c7-6(8,9)5-3-1-2-4-10-5;5-4(8)3-1-2-6-7-3/h1-4H;1-2H,(H2,5,8)(H,6,7). The molecule has 5 nitrogen and oxygen atoms in total. The first-order valence-corrected chi connectivity index (χ1v) is 4.68. The van der Waals surface area contributed by atoms with Crippen molar-refractivity contribution < 1.29 is 18.0 Å². The molecule has 0 spiro atoms. The van der Waals surface area contributed by atoms with Crippen LogP contribution in [0.25, 0.3) is 0 Å². The molecule has 2 aromatic rings.